The minimum Gasteiger partial charge on any atom is -0.307 e. The lowest BCUT2D eigenvalue weighted by molar-refractivity contribution is -0.121. The lowest BCUT2D eigenvalue weighted by Gasteiger charge is -2.18. The molecule has 0 N–H and O–H groups in total. The number of hydrogen-bond acceptors (Lipinski definition) is 4. The van der Waals surface area contributed by atoms with Crippen molar-refractivity contribution in [3.05, 3.63) is 190 Å². The second kappa shape index (κ2) is 12.7. The molecule has 4 atom stereocenters. The van der Waals surface area contributed by atoms with Gasteiger partial charge in [-0.05, 0) is 107 Å². The number of amides is 2. The summed E-state index contributed by atoms with van der Waals surface area (Å²) in [7, 11) is 0. The van der Waals surface area contributed by atoms with Gasteiger partial charge in [0.1, 0.15) is 0 Å². The molecule has 52 heavy (non-hydrogen) atoms. The fourth-order valence-electron chi connectivity index (χ4n) is 8.55. The molecule has 2 amide bonds. The highest BCUT2D eigenvalue weighted by Crippen LogP contribution is 2.67. The molecule has 2 aliphatic carbocycles. The van der Waals surface area contributed by atoms with Gasteiger partial charge in [-0.1, -0.05) is 83.9 Å². The van der Waals surface area contributed by atoms with Crippen LogP contribution in [0.3, 0.4) is 0 Å². The zero-order chi connectivity index (χ0) is 35.5. The summed E-state index contributed by atoms with van der Waals surface area (Å²) in [6, 6.07) is 40.0. The Morgan fingerprint density at radius 3 is 1.27 bits per heavy atom. The fourth-order valence-corrected chi connectivity index (χ4v) is 8.80. The Morgan fingerprint density at radius 2 is 0.885 bits per heavy atom. The molecule has 0 saturated heterocycles. The first kappa shape index (κ1) is 32.6. The van der Waals surface area contributed by atoms with Crippen LogP contribution in [-0.2, 0) is 33.5 Å². The molecular formula is C44H34Cl2N4O2. The van der Waals surface area contributed by atoms with Crippen LogP contribution in [0.4, 0.5) is 11.4 Å². The van der Waals surface area contributed by atoms with E-state index in [1.54, 1.807) is 24.8 Å². The minimum atomic E-state index is -0.419. The van der Waals surface area contributed by atoms with E-state index in [-0.39, 0.29) is 23.7 Å². The van der Waals surface area contributed by atoms with Crippen LogP contribution in [0.1, 0.15) is 58.1 Å². The largest absolute Gasteiger partial charge is 0.307 e. The molecule has 256 valence electrons. The lowest BCUT2D eigenvalue weighted by atomic mass is 9.92. The molecule has 4 aromatic carbocycles. The summed E-state index contributed by atoms with van der Waals surface area (Å²) in [6.45, 7) is 1.15. The van der Waals surface area contributed by atoms with Crippen LogP contribution in [0, 0.1) is 0 Å². The minimum absolute atomic E-state index is 0.204. The summed E-state index contributed by atoms with van der Waals surface area (Å²) in [6.07, 6.45) is 8.79. The van der Waals surface area contributed by atoms with Gasteiger partial charge in [-0.25, -0.2) is 0 Å². The Hall–Kier alpha value is -5.30. The molecule has 10 rings (SSSR count). The number of pyridine rings is 2. The number of carbonyl (C=O) groups excluding carboxylic acids is 2. The van der Waals surface area contributed by atoms with Crippen LogP contribution in [-0.4, -0.2) is 21.8 Å². The molecule has 0 unspecified atom stereocenters. The average molecular weight is 722 g/mol. The van der Waals surface area contributed by atoms with Crippen LogP contribution in [0.25, 0.3) is 0 Å². The van der Waals surface area contributed by atoms with Gasteiger partial charge in [-0.3, -0.25) is 19.6 Å². The maximum atomic E-state index is 13.5. The molecule has 4 heterocycles. The van der Waals surface area contributed by atoms with E-state index >= 15 is 0 Å². The van der Waals surface area contributed by atoms with Gasteiger partial charge in [0, 0.05) is 58.0 Å². The van der Waals surface area contributed by atoms with Crippen LogP contribution < -0.4 is 9.80 Å². The van der Waals surface area contributed by atoms with Crippen LogP contribution in [0.5, 0.6) is 0 Å². The van der Waals surface area contributed by atoms with Gasteiger partial charge in [0.05, 0.1) is 23.9 Å². The Kier molecular flexibility index (Phi) is 7.98. The van der Waals surface area contributed by atoms with Gasteiger partial charge >= 0.3 is 0 Å². The highest BCUT2D eigenvalue weighted by Gasteiger charge is 2.68. The van der Waals surface area contributed by atoms with E-state index in [0.717, 1.165) is 56.5 Å². The van der Waals surface area contributed by atoms with Crippen LogP contribution in [0.15, 0.2) is 146 Å². The molecule has 2 spiro atoms. The number of para-hydroxylation sites is 2. The van der Waals surface area contributed by atoms with Gasteiger partial charge in [0.2, 0.25) is 11.8 Å². The molecule has 2 aromatic heterocycles. The first-order valence-corrected chi connectivity index (χ1v) is 18.3. The monoisotopic (exact) mass is 720 g/mol. The van der Waals surface area contributed by atoms with E-state index in [2.05, 4.69) is 34.2 Å². The SMILES string of the molecule is O=C1N(Cc2ccncc2)c2ccccc2[C@@]12C[C@@H]2c1ccc(Cl)cc1.O=C1N(Cc2ccncc2)c2ccccc2[C@]12C[C@H]2c1ccc(Cl)cc1. The molecule has 8 heteroatoms. The molecule has 4 aliphatic rings. The number of halogens is 2. The summed E-state index contributed by atoms with van der Waals surface area (Å²) in [4.78, 5) is 39.0. The summed E-state index contributed by atoms with van der Waals surface area (Å²) in [5.74, 6) is 0.845. The first-order valence-electron chi connectivity index (χ1n) is 17.5. The highest BCUT2D eigenvalue weighted by atomic mass is 35.5. The number of fused-ring (bicyclic) bond motifs is 4. The molecule has 2 fully saturated rings. The van der Waals surface area contributed by atoms with E-state index < -0.39 is 10.8 Å². The molecule has 2 saturated carbocycles. The Balaban J connectivity index is 0.000000138. The first-order chi connectivity index (χ1) is 25.4. The lowest BCUT2D eigenvalue weighted by Crippen LogP contribution is -2.32. The Morgan fingerprint density at radius 1 is 0.519 bits per heavy atom. The molecule has 0 bridgehead atoms. The molecule has 6 nitrogen and oxygen atoms in total. The van der Waals surface area contributed by atoms with Crippen molar-refractivity contribution in [2.45, 2.75) is 48.6 Å². The summed E-state index contributed by atoms with van der Waals surface area (Å²) in [5.41, 5.74) is 8.07. The number of rotatable bonds is 6. The van der Waals surface area contributed by atoms with E-state index in [1.165, 1.54) is 11.1 Å². The number of hydrogen-bond donors (Lipinski definition) is 0. The van der Waals surface area contributed by atoms with Crippen molar-refractivity contribution in [3.63, 3.8) is 0 Å². The third kappa shape index (κ3) is 5.32. The van der Waals surface area contributed by atoms with Gasteiger partial charge in [0.15, 0.2) is 0 Å². The van der Waals surface area contributed by atoms with Crippen molar-refractivity contribution < 1.29 is 9.59 Å². The maximum Gasteiger partial charge on any atom is 0.238 e. The normalized spacial score (nSPS) is 23.3. The average Bonchev–Trinajstić information content (AvgIpc) is 4.09. The van der Waals surface area contributed by atoms with Crippen LogP contribution in [0.2, 0.25) is 10.0 Å². The predicted molar refractivity (Wildman–Crippen MR) is 205 cm³/mol. The molecular weight excluding hydrogens is 687 g/mol. The second-order valence-electron chi connectivity index (χ2n) is 14.1. The Bertz CT molecular complexity index is 2140. The van der Waals surface area contributed by atoms with E-state index in [4.69, 9.17) is 23.2 Å². The topological polar surface area (TPSA) is 66.4 Å². The predicted octanol–water partition coefficient (Wildman–Crippen LogP) is 9.41. The number of carbonyl (C=O) groups is 2. The van der Waals surface area contributed by atoms with Gasteiger partial charge in [-0.15, -0.1) is 0 Å². The van der Waals surface area contributed by atoms with Gasteiger partial charge < -0.3 is 9.80 Å². The summed E-state index contributed by atoms with van der Waals surface area (Å²) >= 11 is 12.1. The van der Waals surface area contributed by atoms with E-state index in [0.29, 0.717) is 13.1 Å². The maximum absolute atomic E-state index is 13.5. The molecule has 6 aromatic rings. The number of aromatic nitrogens is 2. The van der Waals surface area contributed by atoms with Crippen molar-refractivity contribution in [2.24, 2.45) is 0 Å². The van der Waals surface area contributed by atoms with Gasteiger partial charge in [0.25, 0.3) is 0 Å². The van der Waals surface area contributed by atoms with Crippen molar-refractivity contribution >= 4 is 46.4 Å². The fraction of sp³-hybridized carbons (Fsp3) is 0.182. The Labute approximate surface area is 312 Å². The molecule has 0 radical (unpaired) electrons. The summed E-state index contributed by atoms with van der Waals surface area (Å²) in [5, 5.41) is 1.45. The number of nitrogens with zero attached hydrogens (tertiary/aromatic N) is 4. The summed E-state index contributed by atoms with van der Waals surface area (Å²) < 4.78 is 0. The number of benzene rings is 4. The molecule has 2 aliphatic heterocycles. The zero-order valence-electron chi connectivity index (χ0n) is 28.2. The quantitative estimate of drug-likeness (QED) is 0.172. The third-order valence-corrected chi connectivity index (χ3v) is 11.8. The van der Waals surface area contributed by atoms with Crippen molar-refractivity contribution in [3.8, 4) is 0 Å². The third-order valence-electron chi connectivity index (χ3n) is 11.3. The van der Waals surface area contributed by atoms with Gasteiger partial charge in [-0.2, -0.15) is 0 Å². The van der Waals surface area contributed by atoms with Crippen molar-refractivity contribution in [1.82, 2.24) is 9.97 Å². The van der Waals surface area contributed by atoms with Crippen molar-refractivity contribution in [1.29, 1.82) is 0 Å². The van der Waals surface area contributed by atoms with E-state index in [9.17, 15) is 9.59 Å². The van der Waals surface area contributed by atoms with Crippen LogP contribution >= 0.6 is 23.2 Å². The van der Waals surface area contributed by atoms with E-state index in [1.807, 2.05) is 107 Å². The highest BCUT2D eigenvalue weighted by molar-refractivity contribution is 6.30. The smallest absolute Gasteiger partial charge is 0.238 e. The number of anilines is 2. The van der Waals surface area contributed by atoms with Crippen molar-refractivity contribution in [2.75, 3.05) is 9.80 Å². The second-order valence-corrected chi connectivity index (χ2v) is 15.0. The standard InChI is InChI=1S/2C22H17ClN2O/c2*23-17-7-5-16(6-8-17)19-13-22(19)18-3-1-2-4-20(18)25(21(22)26)14-15-9-11-24-12-10-15/h2*1-12,19H,13-14H2/t2*19-,22-/m10/s1. The zero-order valence-corrected chi connectivity index (χ0v) is 29.7.